The van der Waals surface area contributed by atoms with Gasteiger partial charge in [0.2, 0.25) is 0 Å². The first-order valence-electron chi connectivity index (χ1n) is 10.3. The third-order valence-corrected chi connectivity index (χ3v) is 5.00. The fourth-order valence-corrected chi connectivity index (χ4v) is 2.62. The Morgan fingerprint density at radius 3 is 1.40 bits per heavy atom. The van der Waals surface area contributed by atoms with Crippen molar-refractivity contribution in [3.63, 3.8) is 0 Å². The third kappa shape index (κ3) is 5.71. The summed E-state index contributed by atoms with van der Waals surface area (Å²) in [5, 5.41) is 0. The normalized spacial score (nSPS) is 14.8. The zero-order valence-corrected chi connectivity index (χ0v) is 19.3. The van der Waals surface area contributed by atoms with Crippen molar-refractivity contribution in [2.24, 2.45) is 0 Å². The number of rotatable bonds is 13. The van der Waals surface area contributed by atoms with Crippen LogP contribution in [0.1, 0.15) is 30.1 Å². The van der Waals surface area contributed by atoms with Crippen LogP contribution < -0.4 is 4.74 Å². The highest BCUT2D eigenvalue weighted by Gasteiger charge is 2.95. The van der Waals surface area contributed by atoms with E-state index in [1.165, 1.54) is 0 Å². The number of carbonyl (C=O) groups excluding carboxylic acids is 1. The lowest BCUT2D eigenvalue weighted by atomic mass is 9.88. The van der Waals surface area contributed by atoms with E-state index in [0.29, 0.717) is 6.42 Å². The fourth-order valence-electron chi connectivity index (χ4n) is 2.62. The highest BCUT2D eigenvalue weighted by Crippen LogP contribution is 2.64. The molecule has 0 radical (unpaired) electrons. The van der Waals surface area contributed by atoms with E-state index >= 15 is 0 Å². The van der Waals surface area contributed by atoms with Gasteiger partial charge in [0, 0.05) is 0 Å². The van der Waals surface area contributed by atoms with E-state index in [2.05, 4.69) is 4.74 Å². The maximum Gasteiger partial charge on any atom is 0.460 e. The summed E-state index contributed by atoms with van der Waals surface area (Å²) in [7, 11) is 0. The summed E-state index contributed by atoms with van der Waals surface area (Å²) >= 11 is 0. The Morgan fingerprint density at radius 2 is 1.00 bits per heavy atom. The van der Waals surface area contributed by atoms with E-state index < -0.39 is 72.4 Å². The van der Waals surface area contributed by atoms with Crippen LogP contribution in [-0.4, -0.2) is 66.8 Å². The molecule has 1 aromatic carbocycles. The Morgan fingerprint density at radius 1 is 0.600 bits per heavy atom. The van der Waals surface area contributed by atoms with E-state index in [-0.39, 0.29) is 12.2 Å². The van der Waals surface area contributed by atoms with Crippen molar-refractivity contribution < 1.29 is 88.9 Å². The van der Waals surface area contributed by atoms with Crippen LogP contribution in [0, 0.1) is 0 Å². The standard InChI is InChI=1S/C20H15F17O3/c1-2-8-40-12(38)10-3-5-11(6-4-10)39-9-7-13(21,22)14(23,24)15(25,26)16(27,28)17(29,30)18(31,32)19(33,34)20(35,36)37/h3-6H,2,7-9H2,1H3. The van der Waals surface area contributed by atoms with Gasteiger partial charge < -0.3 is 9.47 Å². The maximum atomic E-state index is 13.9. The number of halogens is 17. The Bertz CT molecular complexity index is 1020. The van der Waals surface area contributed by atoms with Crippen molar-refractivity contribution in [3.8, 4) is 5.75 Å². The molecule has 0 aliphatic heterocycles. The lowest BCUT2D eigenvalue weighted by Crippen LogP contribution is -2.74. The number of hydrogen-bond acceptors (Lipinski definition) is 3. The van der Waals surface area contributed by atoms with Gasteiger partial charge in [0.15, 0.2) is 0 Å². The van der Waals surface area contributed by atoms with Crippen LogP contribution in [0.4, 0.5) is 74.6 Å². The molecule has 0 aliphatic carbocycles. The molecular formula is C20H15F17O3. The lowest BCUT2D eigenvalue weighted by molar-refractivity contribution is -0.461. The highest BCUT2D eigenvalue weighted by atomic mass is 19.4. The highest BCUT2D eigenvalue weighted by molar-refractivity contribution is 5.89. The second-order valence-corrected chi connectivity index (χ2v) is 7.91. The number of carbonyl (C=O) groups is 1. The Kier molecular flexibility index (Phi) is 9.66. The quantitative estimate of drug-likeness (QED) is 0.164. The van der Waals surface area contributed by atoms with E-state index in [9.17, 15) is 79.4 Å². The second kappa shape index (κ2) is 10.9. The van der Waals surface area contributed by atoms with Gasteiger partial charge in [-0.1, -0.05) is 6.92 Å². The molecule has 40 heavy (non-hydrogen) atoms. The lowest BCUT2D eigenvalue weighted by Gasteiger charge is -2.42. The first kappa shape index (κ1) is 35.3. The molecule has 0 spiro atoms. The Labute approximate surface area is 212 Å². The van der Waals surface area contributed by atoms with E-state index in [1.807, 2.05) is 0 Å². The molecule has 1 aromatic rings. The predicted octanol–water partition coefficient (Wildman–Crippen LogP) is 8.03. The summed E-state index contributed by atoms with van der Waals surface area (Å²) in [6.07, 6.45) is -10.1. The maximum absolute atomic E-state index is 13.9. The molecular weight excluding hydrogens is 611 g/mol. The van der Waals surface area contributed by atoms with Crippen LogP contribution in [0.15, 0.2) is 24.3 Å². The minimum Gasteiger partial charge on any atom is -0.493 e. The fraction of sp³-hybridized carbons (Fsp3) is 0.650. The number of benzene rings is 1. The van der Waals surface area contributed by atoms with Gasteiger partial charge in [-0.25, -0.2) is 4.79 Å². The van der Waals surface area contributed by atoms with Crippen LogP contribution in [0.5, 0.6) is 5.75 Å². The zero-order chi connectivity index (χ0) is 31.8. The molecule has 0 bridgehead atoms. The molecule has 0 atom stereocenters. The monoisotopic (exact) mass is 626 g/mol. The Balaban J connectivity index is 3.19. The molecule has 3 nitrogen and oxygen atoms in total. The van der Waals surface area contributed by atoms with Crippen molar-refractivity contribution in [1.82, 2.24) is 0 Å². The van der Waals surface area contributed by atoms with Gasteiger partial charge >= 0.3 is 53.6 Å². The van der Waals surface area contributed by atoms with Gasteiger partial charge in [0.25, 0.3) is 0 Å². The minimum atomic E-state index is -8.67. The van der Waals surface area contributed by atoms with Gasteiger partial charge in [0.1, 0.15) is 5.75 Å². The Hall–Kier alpha value is -2.70. The van der Waals surface area contributed by atoms with Crippen LogP contribution in [0.3, 0.4) is 0 Å². The van der Waals surface area contributed by atoms with Crippen molar-refractivity contribution in [1.29, 1.82) is 0 Å². The summed E-state index contributed by atoms with van der Waals surface area (Å²) in [5.41, 5.74) is -0.145. The average molecular weight is 626 g/mol. The van der Waals surface area contributed by atoms with E-state index in [4.69, 9.17) is 4.74 Å². The molecule has 0 saturated heterocycles. The average Bonchev–Trinajstić information content (AvgIpc) is 2.81. The van der Waals surface area contributed by atoms with E-state index in [1.54, 1.807) is 6.92 Å². The molecule has 1 rings (SSSR count). The first-order valence-corrected chi connectivity index (χ1v) is 10.3. The smallest absolute Gasteiger partial charge is 0.460 e. The molecule has 232 valence electrons. The van der Waals surface area contributed by atoms with Crippen LogP contribution >= 0.6 is 0 Å². The van der Waals surface area contributed by atoms with Gasteiger partial charge in [-0.2, -0.15) is 74.6 Å². The molecule has 0 N–H and O–H groups in total. The SMILES string of the molecule is CCCOC(=O)c1ccc(OCCC(F)(F)C(F)(F)C(F)(F)C(F)(F)C(F)(F)C(F)(F)C(F)(F)C(F)(F)F)cc1. The molecule has 20 heteroatoms. The van der Waals surface area contributed by atoms with Crippen molar-refractivity contribution >= 4 is 5.97 Å². The number of hydrogen-bond donors (Lipinski definition) is 0. The molecule has 0 saturated carbocycles. The molecule has 0 heterocycles. The first-order chi connectivity index (χ1) is 17.7. The second-order valence-electron chi connectivity index (χ2n) is 7.91. The van der Waals surface area contributed by atoms with Crippen LogP contribution in [0.25, 0.3) is 0 Å². The summed E-state index contributed by atoms with van der Waals surface area (Å²) in [6.45, 7) is -0.144. The van der Waals surface area contributed by atoms with Gasteiger partial charge in [-0.15, -0.1) is 0 Å². The predicted molar refractivity (Wildman–Crippen MR) is 97.8 cm³/mol. The minimum absolute atomic E-state index is 0.00160. The van der Waals surface area contributed by atoms with Crippen molar-refractivity contribution in [2.75, 3.05) is 13.2 Å². The van der Waals surface area contributed by atoms with E-state index in [0.717, 1.165) is 24.3 Å². The topological polar surface area (TPSA) is 35.5 Å². The molecule has 0 fully saturated rings. The molecule has 0 unspecified atom stereocenters. The van der Waals surface area contributed by atoms with Crippen molar-refractivity contribution in [3.05, 3.63) is 29.8 Å². The largest absolute Gasteiger partial charge is 0.493 e. The number of esters is 1. The molecule has 0 aromatic heterocycles. The van der Waals surface area contributed by atoms with Gasteiger partial charge in [-0.3, -0.25) is 0 Å². The zero-order valence-electron chi connectivity index (χ0n) is 19.3. The van der Waals surface area contributed by atoms with Crippen LogP contribution in [0.2, 0.25) is 0 Å². The van der Waals surface area contributed by atoms with Crippen LogP contribution in [-0.2, 0) is 4.74 Å². The number of alkyl halides is 17. The molecule has 0 amide bonds. The molecule has 0 aliphatic rings. The third-order valence-electron chi connectivity index (χ3n) is 5.00. The van der Waals surface area contributed by atoms with Gasteiger partial charge in [-0.05, 0) is 30.7 Å². The van der Waals surface area contributed by atoms with Gasteiger partial charge in [0.05, 0.1) is 25.2 Å². The summed E-state index contributed by atoms with van der Waals surface area (Å²) in [5.74, 6) is -58.1. The summed E-state index contributed by atoms with van der Waals surface area (Å²) in [6, 6.07) is 3.53. The summed E-state index contributed by atoms with van der Waals surface area (Å²) in [4.78, 5) is 11.6. The van der Waals surface area contributed by atoms with Crippen molar-refractivity contribution in [2.45, 2.75) is 67.4 Å². The summed E-state index contributed by atoms with van der Waals surface area (Å²) < 4.78 is 234. The number of ether oxygens (including phenoxy) is 2.